The number of amides is 1. The third kappa shape index (κ3) is 2.51. The number of aliphatic hydroxyl groups is 1. The molecule has 1 atom stereocenters. The van der Waals surface area contributed by atoms with E-state index < -0.39 is 5.72 Å². The Kier molecular flexibility index (Phi) is 3.79. The van der Waals surface area contributed by atoms with Gasteiger partial charge in [-0.15, -0.1) is 0 Å². The molecule has 0 bridgehead atoms. The summed E-state index contributed by atoms with van der Waals surface area (Å²) in [5, 5.41) is 12.2. The topological polar surface area (TPSA) is 53.4 Å². The number of carbonyl (C=O) groups is 1. The number of hydrogen-bond donors (Lipinski definition) is 1. The van der Waals surface area contributed by atoms with Gasteiger partial charge in [0.25, 0.3) is 5.91 Å². The van der Waals surface area contributed by atoms with Gasteiger partial charge in [-0.1, -0.05) is 54.1 Å². The van der Waals surface area contributed by atoms with Crippen molar-refractivity contribution in [2.24, 2.45) is 0 Å². The predicted octanol–water partition coefficient (Wildman–Crippen LogP) is 3.58. The zero-order chi connectivity index (χ0) is 17.4. The van der Waals surface area contributed by atoms with Crippen LogP contribution < -0.4 is 0 Å². The van der Waals surface area contributed by atoms with Gasteiger partial charge in [-0.2, -0.15) is 0 Å². The van der Waals surface area contributed by atoms with Crippen molar-refractivity contribution in [1.29, 1.82) is 0 Å². The third-order valence-electron chi connectivity index (χ3n) is 4.43. The fourth-order valence-corrected chi connectivity index (χ4v) is 3.32. The monoisotopic (exact) mass is 350 g/mol. The third-order valence-corrected chi connectivity index (χ3v) is 4.69. The first-order valence-corrected chi connectivity index (χ1v) is 8.28. The average molecular weight is 351 g/mol. The molecule has 1 amide bonds. The van der Waals surface area contributed by atoms with Gasteiger partial charge in [-0.25, -0.2) is 0 Å². The highest BCUT2D eigenvalue weighted by Crippen LogP contribution is 2.41. The zero-order valence-corrected chi connectivity index (χ0v) is 14.0. The van der Waals surface area contributed by atoms with Crippen molar-refractivity contribution in [3.8, 4) is 0 Å². The Morgan fingerprint density at radius 2 is 1.72 bits per heavy atom. The van der Waals surface area contributed by atoms with Gasteiger partial charge < -0.3 is 5.11 Å². The highest BCUT2D eigenvalue weighted by Gasteiger charge is 2.51. The standard InChI is InChI=1S/C20H15ClN2O2/c21-16-10-8-14(9-11-16)13-23-19(24)17-7-4-12-22-18(17)20(23,25)15-5-2-1-3-6-15/h1-12,25H,13H2. The fraction of sp³-hybridized carbons (Fsp3) is 0.100. The lowest BCUT2D eigenvalue weighted by atomic mass is 9.98. The van der Waals surface area contributed by atoms with Crippen LogP contribution in [-0.2, 0) is 12.3 Å². The van der Waals surface area contributed by atoms with Gasteiger partial charge in [0.05, 0.1) is 5.56 Å². The number of benzene rings is 2. The van der Waals surface area contributed by atoms with Gasteiger partial charge in [0.2, 0.25) is 5.72 Å². The van der Waals surface area contributed by atoms with Crippen LogP contribution in [0.25, 0.3) is 0 Å². The summed E-state index contributed by atoms with van der Waals surface area (Å²) in [7, 11) is 0. The molecule has 4 rings (SSSR count). The lowest BCUT2D eigenvalue weighted by Gasteiger charge is -2.34. The van der Waals surface area contributed by atoms with E-state index in [1.165, 1.54) is 4.90 Å². The maximum atomic E-state index is 13.0. The Hall–Kier alpha value is -2.69. The molecule has 0 saturated carbocycles. The van der Waals surface area contributed by atoms with Gasteiger partial charge in [-0.05, 0) is 29.8 Å². The predicted molar refractivity (Wildman–Crippen MR) is 95.0 cm³/mol. The number of halogens is 1. The molecule has 1 unspecified atom stereocenters. The minimum atomic E-state index is -1.60. The molecular weight excluding hydrogens is 336 g/mol. The highest BCUT2D eigenvalue weighted by atomic mass is 35.5. The van der Waals surface area contributed by atoms with E-state index in [0.717, 1.165) is 5.56 Å². The van der Waals surface area contributed by atoms with Crippen molar-refractivity contribution in [1.82, 2.24) is 9.88 Å². The van der Waals surface area contributed by atoms with Crippen molar-refractivity contribution in [3.05, 3.63) is 100 Å². The van der Waals surface area contributed by atoms with Crippen molar-refractivity contribution >= 4 is 17.5 Å². The quantitative estimate of drug-likeness (QED) is 0.785. The van der Waals surface area contributed by atoms with Gasteiger partial charge in [0.15, 0.2) is 0 Å². The van der Waals surface area contributed by atoms with Crippen LogP contribution in [0.4, 0.5) is 0 Å². The minimum absolute atomic E-state index is 0.246. The molecule has 3 aromatic rings. The minimum Gasteiger partial charge on any atom is -0.362 e. The lowest BCUT2D eigenvalue weighted by molar-refractivity contribution is -0.0569. The second-order valence-electron chi connectivity index (χ2n) is 5.96. The molecule has 124 valence electrons. The molecule has 0 radical (unpaired) electrons. The molecule has 5 heteroatoms. The molecule has 4 nitrogen and oxygen atoms in total. The number of aromatic nitrogens is 1. The van der Waals surface area contributed by atoms with Crippen LogP contribution >= 0.6 is 11.6 Å². The molecule has 0 spiro atoms. The van der Waals surface area contributed by atoms with Crippen LogP contribution in [0.1, 0.15) is 27.2 Å². The van der Waals surface area contributed by atoms with Gasteiger partial charge in [-0.3, -0.25) is 14.7 Å². The van der Waals surface area contributed by atoms with Crippen LogP contribution in [0.5, 0.6) is 0 Å². The molecule has 0 fully saturated rings. The summed E-state index contributed by atoms with van der Waals surface area (Å²) in [6, 6.07) is 19.8. The van der Waals surface area contributed by atoms with Crippen molar-refractivity contribution in [2.45, 2.75) is 12.3 Å². The van der Waals surface area contributed by atoms with Crippen molar-refractivity contribution < 1.29 is 9.90 Å². The highest BCUT2D eigenvalue weighted by molar-refractivity contribution is 6.30. The Labute approximate surface area is 150 Å². The van der Waals surface area contributed by atoms with E-state index >= 15 is 0 Å². The van der Waals surface area contributed by atoms with Crippen LogP contribution in [0.2, 0.25) is 5.02 Å². The Balaban J connectivity index is 1.84. The molecule has 2 aromatic carbocycles. The van der Waals surface area contributed by atoms with E-state index in [4.69, 9.17) is 11.6 Å². The molecule has 1 aliphatic rings. The zero-order valence-electron chi connectivity index (χ0n) is 13.3. The molecule has 1 aromatic heterocycles. The number of fused-ring (bicyclic) bond motifs is 1. The fourth-order valence-electron chi connectivity index (χ4n) is 3.20. The molecule has 0 saturated heterocycles. The Morgan fingerprint density at radius 1 is 1.00 bits per heavy atom. The van der Waals surface area contributed by atoms with Gasteiger partial charge >= 0.3 is 0 Å². The summed E-state index contributed by atoms with van der Waals surface area (Å²) in [5.41, 5.74) is 0.659. The normalized spacial score (nSPS) is 19.1. The summed E-state index contributed by atoms with van der Waals surface area (Å²) in [4.78, 5) is 18.7. The Morgan fingerprint density at radius 3 is 2.44 bits per heavy atom. The summed E-state index contributed by atoms with van der Waals surface area (Å²) < 4.78 is 0. The number of rotatable bonds is 3. The van der Waals surface area contributed by atoms with Crippen LogP contribution in [0.15, 0.2) is 72.9 Å². The van der Waals surface area contributed by atoms with Gasteiger partial charge in [0.1, 0.15) is 5.69 Å². The van der Waals surface area contributed by atoms with Crippen molar-refractivity contribution in [3.63, 3.8) is 0 Å². The molecular formula is C20H15ClN2O2. The van der Waals surface area contributed by atoms with E-state index in [0.29, 0.717) is 21.8 Å². The lowest BCUT2D eigenvalue weighted by Crippen LogP contribution is -2.44. The molecule has 25 heavy (non-hydrogen) atoms. The van der Waals surface area contributed by atoms with E-state index in [1.54, 1.807) is 42.6 Å². The summed E-state index contributed by atoms with van der Waals surface area (Å²) in [6.45, 7) is 0.248. The second kappa shape index (κ2) is 5.99. The molecule has 1 aliphatic heterocycles. The van der Waals surface area contributed by atoms with E-state index in [-0.39, 0.29) is 12.5 Å². The molecule has 1 N–H and O–H groups in total. The van der Waals surface area contributed by atoms with Crippen LogP contribution in [0, 0.1) is 0 Å². The van der Waals surface area contributed by atoms with E-state index in [9.17, 15) is 9.90 Å². The van der Waals surface area contributed by atoms with Crippen LogP contribution in [0.3, 0.4) is 0 Å². The van der Waals surface area contributed by atoms with Gasteiger partial charge in [0, 0.05) is 23.3 Å². The summed E-state index contributed by atoms with van der Waals surface area (Å²) in [5.74, 6) is -0.246. The molecule has 2 heterocycles. The maximum absolute atomic E-state index is 13.0. The van der Waals surface area contributed by atoms with E-state index in [1.807, 2.05) is 30.3 Å². The average Bonchev–Trinajstić information content (AvgIpc) is 2.87. The maximum Gasteiger partial charge on any atom is 0.259 e. The first-order valence-electron chi connectivity index (χ1n) is 7.90. The Bertz CT molecular complexity index is 928. The number of hydrogen-bond acceptors (Lipinski definition) is 3. The van der Waals surface area contributed by atoms with Crippen LogP contribution in [-0.4, -0.2) is 20.9 Å². The largest absolute Gasteiger partial charge is 0.362 e. The summed E-state index contributed by atoms with van der Waals surface area (Å²) >= 11 is 5.94. The van der Waals surface area contributed by atoms with E-state index in [2.05, 4.69) is 4.98 Å². The number of carbonyl (C=O) groups excluding carboxylic acids is 1. The smallest absolute Gasteiger partial charge is 0.259 e. The molecule has 0 aliphatic carbocycles. The first-order chi connectivity index (χ1) is 12.1. The number of pyridine rings is 1. The SMILES string of the molecule is O=C1c2cccnc2C(O)(c2ccccc2)N1Cc1ccc(Cl)cc1. The first kappa shape index (κ1) is 15.8. The second-order valence-corrected chi connectivity index (χ2v) is 6.39. The number of nitrogens with zero attached hydrogens (tertiary/aromatic N) is 2. The summed E-state index contributed by atoms with van der Waals surface area (Å²) in [6.07, 6.45) is 1.59. The van der Waals surface area contributed by atoms with Crippen molar-refractivity contribution in [2.75, 3.05) is 0 Å².